The highest BCUT2D eigenvalue weighted by atomic mass is 19.4. The van der Waals surface area contributed by atoms with Crippen molar-refractivity contribution in [2.45, 2.75) is 63.3 Å². The topological polar surface area (TPSA) is 125 Å². The number of aliphatic hydroxyl groups is 1. The molecule has 3 aliphatic rings. The fourth-order valence-electron chi connectivity index (χ4n) is 4.57. The lowest BCUT2D eigenvalue weighted by atomic mass is 9.88. The number of fused-ring (bicyclic) bond motifs is 1. The molecule has 0 saturated heterocycles. The minimum Gasteiger partial charge on any atom is -0.395 e. The number of nitrogens with one attached hydrogen (secondary N) is 1. The molecule has 4 rings (SSSR count). The summed E-state index contributed by atoms with van der Waals surface area (Å²) in [5, 5.41) is 12.6. The summed E-state index contributed by atoms with van der Waals surface area (Å²) in [6.07, 6.45) is -0.633. The summed E-state index contributed by atoms with van der Waals surface area (Å²) in [6, 6.07) is 3.88. The van der Waals surface area contributed by atoms with Gasteiger partial charge >= 0.3 is 12.1 Å². The Morgan fingerprint density at radius 1 is 1.24 bits per heavy atom. The van der Waals surface area contributed by atoms with Gasteiger partial charge in [-0.15, -0.1) is 0 Å². The highest BCUT2D eigenvalue weighted by Gasteiger charge is 2.50. The molecule has 0 aromatic heterocycles. The number of halogens is 3. The van der Waals surface area contributed by atoms with Gasteiger partial charge in [-0.1, -0.05) is 25.0 Å². The van der Waals surface area contributed by atoms with Crippen LogP contribution in [0.3, 0.4) is 0 Å². The molecule has 2 aliphatic carbocycles. The van der Waals surface area contributed by atoms with Crippen molar-refractivity contribution < 1.29 is 32.7 Å². The first-order chi connectivity index (χ1) is 15.6. The largest absolute Gasteiger partial charge is 0.473 e. The number of hydrogen-bond donors (Lipinski definition) is 3. The molecule has 1 aromatic carbocycles. The van der Waals surface area contributed by atoms with Crippen LogP contribution in [0.15, 0.2) is 23.2 Å². The Labute approximate surface area is 188 Å². The fourth-order valence-corrected chi connectivity index (χ4v) is 4.57. The van der Waals surface area contributed by atoms with Crippen LogP contribution in [0, 0.1) is 5.41 Å². The molecule has 1 unspecified atom stereocenters. The number of amidine groups is 1. The summed E-state index contributed by atoms with van der Waals surface area (Å²) in [5.74, 6) is -3.43. The number of benzene rings is 1. The van der Waals surface area contributed by atoms with Gasteiger partial charge in [0.15, 0.2) is 0 Å². The van der Waals surface area contributed by atoms with E-state index in [9.17, 15) is 32.7 Å². The van der Waals surface area contributed by atoms with Crippen molar-refractivity contribution in [2.75, 3.05) is 6.61 Å². The third-order valence-corrected chi connectivity index (χ3v) is 6.79. The maximum absolute atomic E-state index is 13.2. The van der Waals surface area contributed by atoms with E-state index >= 15 is 0 Å². The Hall–Kier alpha value is -2.95. The lowest BCUT2D eigenvalue weighted by molar-refractivity contribution is -0.169. The lowest BCUT2D eigenvalue weighted by Crippen LogP contribution is -2.55. The van der Waals surface area contributed by atoms with Crippen LogP contribution in [0.25, 0.3) is 0 Å². The molecule has 1 heterocycles. The van der Waals surface area contributed by atoms with Crippen molar-refractivity contribution in [3.8, 4) is 0 Å². The predicted molar refractivity (Wildman–Crippen MR) is 111 cm³/mol. The predicted octanol–water partition coefficient (Wildman–Crippen LogP) is 1.64. The molecule has 4 N–H and O–H groups in total. The molecule has 3 amide bonds. The highest BCUT2D eigenvalue weighted by Crippen LogP contribution is 2.45. The molecule has 8 nitrogen and oxygen atoms in total. The second-order valence-corrected chi connectivity index (χ2v) is 8.98. The van der Waals surface area contributed by atoms with Crippen LogP contribution in [0.5, 0.6) is 0 Å². The molecule has 2 fully saturated rings. The molecule has 11 heteroatoms. The number of aliphatic hydroxyl groups excluding tert-OH is 1. The molecule has 1 aliphatic heterocycles. The highest BCUT2D eigenvalue weighted by molar-refractivity contribution is 6.07. The summed E-state index contributed by atoms with van der Waals surface area (Å²) < 4.78 is 37.4. The van der Waals surface area contributed by atoms with E-state index < -0.39 is 23.3 Å². The Morgan fingerprint density at radius 2 is 1.94 bits per heavy atom. The van der Waals surface area contributed by atoms with Crippen LogP contribution in [0.1, 0.15) is 60.0 Å². The van der Waals surface area contributed by atoms with Crippen LogP contribution < -0.4 is 11.1 Å². The van der Waals surface area contributed by atoms with Crippen LogP contribution in [-0.2, 0) is 16.1 Å². The van der Waals surface area contributed by atoms with E-state index in [-0.39, 0.29) is 41.6 Å². The van der Waals surface area contributed by atoms with Crippen molar-refractivity contribution in [2.24, 2.45) is 16.1 Å². The van der Waals surface area contributed by atoms with Gasteiger partial charge in [0.1, 0.15) is 5.84 Å². The van der Waals surface area contributed by atoms with Crippen molar-refractivity contribution in [3.05, 3.63) is 34.9 Å². The smallest absolute Gasteiger partial charge is 0.395 e. The van der Waals surface area contributed by atoms with Gasteiger partial charge in [0.25, 0.3) is 5.91 Å². The molecule has 2 atom stereocenters. The first kappa shape index (κ1) is 23.2. The number of carbonyl (C=O) groups is 3. The Morgan fingerprint density at radius 3 is 2.58 bits per heavy atom. The molecule has 178 valence electrons. The minimum atomic E-state index is -5.14. The second-order valence-electron chi connectivity index (χ2n) is 8.98. The number of nitrogens with zero attached hydrogens (tertiary/aromatic N) is 2. The van der Waals surface area contributed by atoms with Gasteiger partial charge in [-0.3, -0.25) is 14.4 Å². The Balaban J connectivity index is 1.52. The molecule has 1 aromatic rings. The third kappa shape index (κ3) is 4.46. The Kier molecular flexibility index (Phi) is 5.94. The van der Waals surface area contributed by atoms with Crippen molar-refractivity contribution in [3.63, 3.8) is 0 Å². The number of amides is 3. The van der Waals surface area contributed by atoms with Crippen molar-refractivity contribution in [1.29, 1.82) is 0 Å². The normalized spacial score (nSPS) is 24.4. The van der Waals surface area contributed by atoms with Crippen LogP contribution >= 0.6 is 0 Å². The number of carbonyl (C=O) groups excluding carboxylic acids is 3. The van der Waals surface area contributed by atoms with Crippen LogP contribution in [0.2, 0.25) is 0 Å². The van der Waals surface area contributed by atoms with E-state index in [1.165, 1.54) is 12.1 Å². The van der Waals surface area contributed by atoms with Gasteiger partial charge in [0.05, 0.1) is 18.1 Å². The van der Waals surface area contributed by atoms with Gasteiger partial charge in [-0.2, -0.15) is 18.2 Å². The molecule has 33 heavy (non-hydrogen) atoms. The molecule has 0 bridgehead atoms. The SMILES string of the molecule is NC(=NC(=O)C(F)(F)F)c1ccc2c(c1)C(=O)N([C@@H]1CCCCC1NC(=O)C1(CO)CC1)C2. The fraction of sp³-hybridized carbons (Fsp3) is 0.545. The first-order valence-corrected chi connectivity index (χ1v) is 10.9. The van der Waals surface area contributed by atoms with E-state index in [1.807, 2.05) is 0 Å². The van der Waals surface area contributed by atoms with Crippen molar-refractivity contribution in [1.82, 2.24) is 10.2 Å². The summed E-state index contributed by atoms with van der Waals surface area (Å²) in [7, 11) is 0. The van der Waals surface area contributed by atoms with Crippen LogP contribution in [0.4, 0.5) is 13.2 Å². The molecule has 0 spiro atoms. The van der Waals surface area contributed by atoms with E-state index in [0.717, 1.165) is 12.8 Å². The van der Waals surface area contributed by atoms with E-state index in [2.05, 4.69) is 10.3 Å². The van der Waals surface area contributed by atoms with Crippen molar-refractivity contribution >= 4 is 23.6 Å². The first-order valence-electron chi connectivity index (χ1n) is 10.9. The summed E-state index contributed by atoms with van der Waals surface area (Å²) >= 11 is 0. The standard InChI is InChI=1S/C22H25F3N4O4/c23-22(24,25)20(33)28-17(26)12-5-6-13-10-29(18(31)14(13)9-12)16-4-2-1-3-15(16)27-19(32)21(11-30)7-8-21/h5-6,9,15-16,30H,1-4,7-8,10-11H2,(H,27,32)(H2,26,28,33)/t15?,16-/m1/s1. The number of rotatable bonds is 5. The zero-order chi connectivity index (χ0) is 24.0. The molecule has 0 radical (unpaired) electrons. The Bertz CT molecular complexity index is 1020. The zero-order valence-corrected chi connectivity index (χ0v) is 17.8. The quantitative estimate of drug-likeness (QED) is 0.449. The number of hydrogen-bond acceptors (Lipinski definition) is 4. The number of alkyl halides is 3. The van der Waals surface area contributed by atoms with Gasteiger partial charge in [0.2, 0.25) is 5.91 Å². The third-order valence-electron chi connectivity index (χ3n) is 6.79. The summed E-state index contributed by atoms with van der Waals surface area (Å²) in [4.78, 5) is 41.5. The maximum atomic E-state index is 13.2. The van der Waals surface area contributed by atoms with Crippen LogP contribution in [-0.4, -0.2) is 58.4 Å². The number of nitrogens with two attached hydrogens (primary N) is 1. The minimum absolute atomic E-state index is 0.0497. The van der Waals surface area contributed by atoms with E-state index in [4.69, 9.17) is 5.73 Å². The second kappa shape index (κ2) is 8.44. The van der Waals surface area contributed by atoms with Gasteiger partial charge in [-0.05, 0) is 37.3 Å². The lowest BCUT2D eigenvalue weighted by Gasteiger charge is -2.38. The van der Waals surface area contributed by atoms with Gasteiger partial charge in [0, 0.05) is 23.7 Å². The zero-order valence-electron chi connectivity index (χ0n) is 17.8. The summed E-state index contributed by atoms with van der Waals surface area (Å²) in [5.41, 5.74) is 5.89. The molecule has 2 saturated carbocycles. The maximum Gasteiger partial charge on any atom is 0.473 e. The van der Waals surface area contributed by atoms with Gasteiger partial charge in [-0.25, -0.2) is 0 Å². The average molecular weight is 466 g/mol. The monoisotopic (exact) mass is 466 g/mol. The summed E-state index contributed by atoms with van der Waals surface area (Å²) in [6.45, 7) is 0.0993. The van der Waals surface area contributed by atoms with E-state index in [0.29, 0.717) is 37.8 Å². The molecular weight excluding hydrogens is 441 g/mol. The average Bonchev–Trinajstić information content (AvgIpc) is 3.52. The number of aliphatic imine (C=N–C) groups is 1. The van der Waals surface area contributed by atoms with Gasteiger partial charge < -0.3 is 21.1 Å². The molecular formula is C22H25F3N4O4. The van der Waals surface area contributed by atoms with E-state index in [1.54, 1.807) is 11.0 Å².